The molecule has 1 aromatic heterocycles. The summed E-state index contributed by atoms with van der Waals surface area (Å²) in [4.78, 5) is 3.56. The van der Waals surface area contributed by atoms with Gasteiger partial charge in [-0.3, -0.25) is 0 Å². The van der Waals surface area contributed by atoms with Gasteiger partial charge in [0.2, 0.25) is 0 Å². The summed E-state index contributed by atoms with van der Waals surface area (Å²) in [5.74, 6) is 0. The van der Waals surface area contributed by atoms with Crippen LogP contribution in [0.15, 0.2) is 146 Å². The van der Waals surface area contributed by atoms with Crippen molar-refractivity contribution in [2.75, 3.05) is 0 Å². The highest BCUT2D eigenvalue weighted by molar-refractivity contribution is 7.19. The molecule has 7 rings (SSSR count). The molecule has 0 fully saturated rings. The van der Waals surface area contributed by atoms with Gasteiger partial charge in [-0.15, -0.1) is 0 Å². The maximum atomic E-state index is 10.1. The summed E-state index contributed by atoms with van der Waals surface area (Å²) in [5, 5.41) is 17.4. The first-order chi connectivity index (χ1) is 20.6. The minimum absolute atomic E-state index is 0.454. The molecule has 0 saturated carbocycles. The van der Waals surface area contributed by atoms with E-state index in [1.807, 2.05) is 24.3 Å². The van der Waals surface area contributed by atoms with Crippen LogP contribution in [0.4, 0.5) is 5.69 Å². The number of hydrogen-bond acceptors (Lipinski definition) is 1. The molecule has 0 N–H and O–H groups in total. The van der Waals surface area contributed by atoms with E-state index in [1.165, 1.54) is 26.7 Å². The van der Waals surface area contributed by atoms with E-state index in [-0.39, 0.29) is 0 Å². The van der Waals surface area contributed by atoms with E-state index in [0.29, 0.717) is 11.3 Å². The predicted octanol–water partition coefficient (Wildman–Crippen LogP) is 7.49. The van der Waals surface area contributed by atoms with Gasteiger partial charge < -0.3 is 4.57 Å². The van der Waals surface area contributed by atoms with Gasteiger partial charge in [0.15, 0.2) is 13.8 Å². The Balaban J connectivity index is 1.65. The lowest BCUT2D eigenvalue weighted by atomic mass is 10.0. The second-order valence-electron chi connectivity index (χ2n) is 10.5. The smallest absolute Gasteiger partial charge is 0.188 e. The van der Waals surface area contributed by atoms with Crippen LogP contribution in [0, 0.1) is 17.9 Å². The number of hydrogen-bond donors (Lipinski definition) is 0. The molecule has 0 saturated heterocycles. The molecule has 1 aliphatic heterocycles. The molecule has 5 aromatic carbocycles. The first-order valence-corrected chi connectivity index (χ1v) is 15.8. The first kappa shape index (κ1) is 25.3. The minimum Gasteiger partial charge on any atom is -0.308 e. The fourth-order valence-corrected chi connectivity index (χ4v) is 11.7. The van der Waals surface area contributed by atoms with E-state index in [0.717, 1.165) is 32.7 Å². The lowest BCUT2D eigenvalue weighted by Gasteiger charge is -2.31. The van der Waals surface area contributed by atoms with Crippen LogP contribution in [0.25, 0.3) is 43.5 Å². The van der Waals surface area contributed by atoms with Crippen LogP contribution in [0.2, 0.25) is 0 Å². The average Bonchev–Trinajstić information content (AvgIpc) is 3.52. The normalized spacial score (nSPS) is 15.3. The maximum absolute atomic E-state index is 10.1. The van der Waals surface area contributed by atoms with E-state index in [9.17, 15) is 5.26 Å². The zero-order valence-corrected chi connectivity index (χ0v) is 23.9. The Hall–Kier alpha value is -5.68. The van der Waals surface area contributed by atoms with Crippen LogP contribution in [0.1, 0.15) is 5.56 Å². The van der Waals surface area contributed by atoms with Crippen molar-refractivity contribution in [2.24, 2.45) is 0 Å². The topological polar surface area (TPSA) is 33.1 Å². The number of rotatable bonds is 5. The van der Waals surface area contributed by atoms with Gasteiger partial charge in [-0.2, -0.15) is 5.26 Å². The molecule has 6 aromatic rings. The second-order valence-corrected chi connectivity index (χ2v) is 14.3. The number of para-hydroxylation sites is 1. The van der Waals surface area contributed by atoms with E-state index >= 15 is 0 Å². The van der Waals surface area contributed by atoms with Gasteiger partial charge in [0.1, 0.15) is 0 Å². The van der Waals surface area contributed by atoms with Gasteiger partial charge in [0.05, 0.1) is 34.9 Å². The fourth-order valence-electron chi connectivity index (χ4n) is 6.72. The van der Waals surface area contributed by atoms with Gasteiger partial charge in [-0.05, 0) is 51.0 Å². The summed E-state index contributed by atoms with van der Waals surface area (Å²) >= 11 is 0. The van der Waals surface area contributed by atoms with Crippen molar-refractivity contribution in [3.8, 4) is 22.9 Å². The fraction of sp³-hybridized carbons (Fsp3) is 0. The highest BCUT2D eigenvalue weighted by Crippen LogP contribution is 2.39. The van der Waals surface area contributed by atoms with Crippen LogP contribution in [0.5, 0.6) is 0 Å². The summed E-state index contributed by atoms with van der Waals surface area (Å²) in [6, 6.07) is 40.3. The van der Waals surface area contributed by atoms with Crippen LogP contribution in [-0.2, 0) is 0 Å². The SMILES string of the molecule is [C-]#[N+]c1ccc(-n2c3ccccc3c3cc4c(cc32)-c2ccccc2[Si]4(C(=C)/C=C\C=C)c2ccccc2)c(C#N)c1. The Bertz CT molecular complexity index is 2210. The number of aromatic nitrogens is 1. The third-order valence-electron chi connectivity index (χ3n) is 8.43. The molecule has 0 bridgehead atoms. The molecular formula is C38H25N3Si. The number of nitrogens with zero attached hydrogens (tertiary/aromatic N) is 3. The Morgan fingerprint density at radius 2 is 1.57 bits per heavy atom. The van der Waals surface area contributed by atoms with E-state index < -0.39 is 8.07 Å². The summed E-state index contributed by atoms with van der Waals surface area (Å²) in [6.07, 6.45) is 5.92. The van der Waals surface area contributed by atoms with Crippen LogP contribution >= 0.6 is 0 Å². The van der Waals surface area contributed by atoms with Gasteiger partial charge in [0.25, 0.3) is 0 Å². The van der Waals surface area contributed by atoms with Gasteiger partial charge in [-0.25, -0.2) is 4.85 Å². The van der Waals surface area contributed by atoms with Gasteiger partial charge in [-0.1, -0.05) is 122 Å². The summed E-state index contributed by atoms with van der Waals surface area (Å²) in [5.41, 5.74) is 6.17. The summed E-state index contributed by atoms with van der Waals surface area (Å²) in [7, 11) is -2.72. The number of allylic oxidation sites excluding steroid dienone is 4. The van der Waals surface area contributed by atoms with Crippen molar-refractivity contribution in [2.45, 2.75) is 0 Å². The van der Waals surface area contributed by atoms with Crippen molar-refractivity contribution in [1.29, 1.82) is 5.26 Å². The molecule has 0 aliphatic carbocycles. The minimum atomic E-state index is -2.72. The molecule has 1 aliphatic rings. The highest BCUT2D eigenvalue weighted by Gasteiger charge is 2.48. The Morgan fingerprint density at radius 3 is 2.36 bits per heavy atom. The first-order valence-electron chi connectivity index (χ1n) is 13.8. The molecule has 1 atom stereocenters. The van der Waals surface area contributed by atoms with Crippen LogP contribution < -0.4 is 15.6 Å². The van der Waals surface area contributed by atoms with Crippen molar-refractivity contribution in [3.05, 3.63) is 163 Å². The molecule has 42 heavy (non-hydrogen) atoms. The standard InChI is InChI=1S/C38H25N3Si/c1-4-5-13-26(2)42(29-14-7-6-8-15-29)37-19-12-10-17-31(37)33-23-36-32(24-38(33)42)30-16-9-11-18-35(30)41(36)34-21-20-28(40-3)22-27(34)25-39/h4-24H,1-2H2/b13-5-. The van der Waals surface area contributed by atoms with E-state index in [1.54, 1.807) is 12.1 Å². The Morgan fingerprint density at radius 1 is 0.810 bits per heavy atom. The summed E-state index contributed by atoms with van der Waals surface area (Å²) < 4.78 is 2.18. The highest BCUT2D eigenvalue weighted by atomic mass is 28.3. The molecule has 196 valence electrons. The molecule has 0 radical (unpaired) electrons. The van der Waals surface area contributed by atoms with Crippen molar-refractivity contribution in [1.82, 2.24) is 4.57 Å². The molecule has 1 unspecified atom stereocenters. The Labute approximate surface area is 246 Å². The third kappa shape index (κ3) is 3.43. The predicted molar refractivity (Wildman–Crippen MR) is 177 cm³/mol. The molecule has 3 nitrogen and oxygen atoms in total. The quantitative estimate of drug-likeness (QED) is 0.124. The lowest BCUT2D eigenvalue weighted by molar-refractivity contribution is 1.17. The zero-order valence-electron chi connectivity index (χ0n) is 22.9. The number of benzene rings is 5. The monoisotopic (exact) mass is 551 g/mol. The van der Waals surface area contributed by atoms with Gasteiger partial charge >= 0.3 is 0 Å². The average molecular weight is 552 g/mol. The van der Waals surface area contributed by atoms with Crippen molar-refractivity contribution < 1.29 is 0 Å². The van der Waals surface area contributed by atoms with E-state index in [2.05, 4.69) is 113 Å². The van der Waals surface area contributed by atoms with Crippen LogP contribution in [0.3, 0.4) is 0 Å². The third-order valence-corrected chi connectivity index (χ3v) is 13.2. The lowest BCUT2D eigenvalue weighted by Crippen LogP contribution is -2.66. The maximum Gasteiger partial charge on any atom is 0.188 e. The van der Waals surface area contributed by atoms with Gasteiger partial charge in [0, 0.05) is 10.8 Å². The largest absolute Gasteiger partial charge is 0.308 e. The van der Waals surface area contributed by atoms with Crippen molar-refractivity contribution >= 4 is 51.1 Å². The molecular weight excluding hydrogens is 527 g/mol. The number of nitriles is 1. The Kier molecular flexibility index (Phi) is 5.87. The van der Waals surface area contributed by atoms with Crippen LogP contribution in [-0.4, -0.2) is 12.6 Å². The zero-order chi connectivity index (χ0) is 28.8. The van der Waals surface area contributed by atoms with E-state index in [4.69, 9.17) is 13.2 Å². The summed E-state index contributed by atoms with van der Waals surface area (Å²) in [6.45, 7) is 16.1. The molecule has 0 amide bonds. The second kappa shape index (κ2) is 9.75. The molecule has 4 heteroatoms. The molecule has 0 spiro atoms. The number of fused-ring (bicyclic) bond motifs is 6. The van der Waals surface area contributed by atoms with Crippen molar-refractivity contribution in [3.63, 3.8) is 0 Å². The molecule has 2 heterocycles.